The fourth-order valence-electron chi connectivity index (χ4n) is 2.98. The van der Waals surface area contributed by atoms with Gasteiger partial charge in [-0.25, -0.2) is 4.98 Å². The van der Waals surface area contributed by atoms with E-state index in [-0.39, 0.29) is 18.1 Å². The van der Waals surface area contributed by atoms with Gasteiger partial charge in [-0.05, 0) is 32.1 Å². The molecule has 7 heteroatoms. The van der Waals surface area contributed by atoms with Crippen molar-refractivity contribution in [3.63, 3.8) is 0 Å². The smallest absolute Gasteiger partial charge is 0.265 e. The normalized spacial score (nSPS) is 31.5. The quantitative estimate of drug-likeness (QED) is 0.780. The maximum atomic E-state index is 12.3. The monoisotopic (exact) mass is 294 g/mol. The number of carbonyl (C=O) groups excluding carboxylic acids is 1. The van der Waals surface area contributed by atoms with Gasteiger partial charge in [-0.3, -0.25) is 4.79 Å². The molecular formula is C13H18N4O2S. The number of thiazole rings is 1. The summed E-state index contributed by atoms with van der Waals surface area (Å²) in [5, 5.41) is 7.07. The van der Waals surface area contributed by atoms with Crippen molar-refractivity contribution in [1.82, 2.24) is 10.3 Å². The molecule has 108 valence electrons. The zero-order valence-electron chi connectivity index (χ0n) is 11.1. The molecule has 2 saturated heterocycles. The van der Waals surface area contributed by atoms with E-state index in [2.05, 4.69) is 15.6 Å². The summed E-state index contributed by atoms with van der Waals surface area (Å²) >= 11 is 1.34. The topological polar surface area (TPSA) is 89.3 Å². The van der Waals surface area contributed by atoms with E-state index >= 15 is 0 Å². The number of amides is 1. The highest BCUT2D eigenvalue weighted by Crippen LogP contribution is 2.35. The van der Waals surface area contributed by atoms with Crippen LogP contribution in [-0.4, -0.2) is 35.2 Å². The molecule has 1 aliphatic carbocycles. The van der Waals surface area contributed by atoms with Crippen molar-refractivity contribution in [1.29, 1.82) is 0 Å². The van der Waals surface area contributed by atoms with Crippen molar-refractivity contribution < 1.29 is 9.53 Å². The first-order valence-electron chi connectivity index (χ1n) is 7.18. The number of carbonyl (C=O) groups is 1. The van der Waals surface area contributed by atoms with Crippen molar-refractivity contribution >= 4 is 28.2 Å². The van der Waals surface area contributed by atoms with E-state index in [0.29, 0.717) is 22.8 Å². The van der Waals surface area contributed by atoms with Crippen LogP contribution in [0.3, 0.4) is 0 Å². The van der Waals surface area contributed by atoms with Crippen LogP contribution in [0, 0.1) is 0 Å². The van der Waals surface area contributed by atoms with Crippen molar-refractivity contribution in [3.05, 3.63) is 4.88 Å². The van der Waals surface area contributed by atoms with E-state index in [1.165, 1.54) is 24.2 Å². The van der Waals surface area contributed by atoms with Gasteiger partial charge >= 0.3 is 0 Å². The van der Waals surface area contributed by atoms with Gasteiger partial charge in [0, 0.05) is 6.04 Å². The Morgan fingerprint density at radius 3 is 2.85 bits per heavy atom. The molecular weight excluding hydrogens is 276 g/mol. The fourth-order valence-corrected chi connectivity index (χ4v) is 3.85. The van der Waals surface area contributed by atoms with Crippen LogP contribution in [0.2, 0.25) is 0 Å². The summed E-state index contributed by atoms with van der Waals surface area (Å²) in [5.41, 5.74) is 5.86. The zero-order chi connectivity index (χ0) is 13.7. The van der Waals surface area contributed by atoms with Gasteiger partial charge in [0.15, 0.2) is 5.13 Å². The number of rotatable bonds is 4. The lowest BCUT2D eigenvalue weighted by atomic mass is 9.95. The lowest BCUT2D eigenvalue weighted by molar-refractivity contribution is 0.0844. The first-order valence-corrected chi connectivity index (χ1v) is 8.00. The molecule has 2 bridgehead atoms. The van der Waals surface area contributed by atoms with Gasteiger partial charge in [0.2, 0.25) is 0 Å². The number of hydrogen-bond acceptors (Lipinski definition) is 6. The van der Waals surface area contributed by atoms with Gasteiger partial charge in [0.05, 0.1) is 18.2 Å². The molecule has 6 nitrogen and oxygen atoms in total. The Balaban J connectivity index is 1.43. The number of fused-ring (bicyclic) bond motifs is 2. The Labute approximate surface area is 121 Å². The molecule has 3 fully saturated rings. The molecule has 3 heterocycles. The van der Waals surface area contributed by atoms with E-state index in [1.54, 1.807) is 0 Å². The van der Waals surface area contributed by atoms with E-state index in [0.717, 1.165) is 24.4 Å². The first-order chi connectivity index (χ1) is 9.69. The van der Waals surface area contributed by atoms with Crippen molar-refractivity contribution in [2.75, 3.05) is 11.1 Å². The van der Waals surface area contributed by atoms with Crippen molar-refractivity contribution in [3.8, 4) is 0 Å². The lowest BCUT2D eigenvalue weighted by Crippen LogP contribution is -2.41. The molecule has 20 heavy (non-hydrogen) atoms. The molecule has 0 spiro atoms. The predicted octanol–water partition coefficient (Wildman–Crippen LogP) is 1.35. The molecule has 1 amide bonds. The number of ether oxygens (including phenoxy) is 1. The highest BCUT2D eigenvalue weighted by molar-refractivity contribution is 7.18. The maximum Gasteiger partial charge on any atom is 0.265 e. The Bertz CT molecular complexity index is 542. The first kappa shape index (κ1) is 12.4. The third-order valence-corrected chi connectivity index (χ3v) is 5.19. The molecule has 3 aliphatic rings. The predicted molar refractivity (Wildman–Crippen MR) is 76.9 cm³/mol. The van der Waals surface area contributed by atoms with Crippen LogP contribution in [0.15, 0.2) is 0 Å². The van der Waals surface area contributed by atoms with Crippen molar-refractivity contribution in [2.45, 2.75) is 56.4 Å². The summed E-state index contributed by atoms with van der Waals surface area (Å²) in [6.45, 7) is 0. The minimum atomic E-state index is -0.120. The number of nitrogens with two attached hydrogens (primary N) is 1. The van der Waals surface area contributed by atoms with Crippen LogP contribution >= 0.6 is 11.3 Å². The molecule has 3 unspecified atom stereocenters. The maximum absolute atomic E-state index is 12.3. The highest BCUT2D eigenvalue weighted by Gasteiger charge is 2.41. The van der Waals surface area contributed by atoms with Crippen LogP contribution in [0.5, 0.6) is 0 Å². The summed E-state index contributed by atoms with van der Waals surface area (Å²) in [6.07, 6.45) is 5.94. The SMILES string of the molecule is Nc1nc(NC2CC2)sc1C(=O)NC1CC2CCC1O2. The average molecular weight is 294 g/mol. The van der Waals surface area contributed by atoms with Crippen LogP contribution < -0.4 is 16.4 Å². The number of aromatic nitrogens is 1. The van der Waals surface area contributed by atoms with Gasteiger partial charge in [-0.2, -0.15) is 0 Å². The summed E-state index contributed by atoms with van der Waals surface area (Å²) in [7, 11) is 0. The summed E-state index contributed by atoms with van der Waals surface area (Å²) in [5.74, 6) is 0.199. The molecule has 0 aromatic carbocycles. The molecule has 1 saturated carbocycles. The molecule has 4 rings (SSSR count). The number of hydrogen-bond donors (Lipinski definition) is 3. The molecule has 1 aromatic heterocycles. The average Bonchev–Trinajstić information content (AvgIpc) is 2.84. The largest absolute Gasteiger partial charge is 0.382 e. The van der Waals surface area contributed by atoms with Crippen LogP contribution in [0.25, 0.3) is 0 Å². The number of nitrogens with one attached hydrogen (secondary N) is 2. The number of nitrogens with zero attached hydrogens (tertiary/aromatic N) is 1. The Hall–Kier alpha value is -1.34. The third kappa shape index (κ3) is 2.25. The third-order valence-electron chi connectivity index (χ3n) is 4.19. The second kappa shape index (κ2) is 4.60. The van der Waals surface area contributed by atoms with Gasteiger partial charge in [0.25, 0.3) is 5.91 Å². The molecule has 0 radical (unpaired) electrons. The van der Waals surface area contributed by atoms with E-state index in [1.807, 2.05) is 0 Å². The minimum Gasteiger partial charge on any atom is -0.382 e. The Morgan fingerprint density at radius 2 is 2.20 bits per heavy atom. The van der Waals surface area contributed by atoms with Gasteiger partial charge in [0.1, 0.15) is 10.7 Å². The summed E-state index contributed by atoms with van der Waals surface area (Å²) < 4.78 is 5.75. The molecule has 3 atom stereocenters. The lowest BCUT2D eigenvalue weighted by Gasteiger charge is -2.19. The van der Waals surface area contributed by atoms with E-state index in [9.17, 15) is 4.79 Å². The van der Waals surface area contributed by atoms with Gasteiger partial charge in [-0.15, -0.1) is 0 Å². The number of anilines is 2. The summed E-state index contributed by atoms with van der Waals surface area (Å²) in [4.78, 5) is 17.0. The standard InChI is InChI=1S/C13H18N4O2S/c14-11-10(20-13(17-11)15-6-1-2-6)12(18)16-8-5-7-3-4-9(8)19-7/h6-9H,1-5,14H2,(H,15,17)(H,16,18). The Kier molecular flexibility index (Phi) is 2.85. The van der Waals surface area contributed by atoms with E-state index in [4.69, 9.17) is 10.5 Å². The molecule has 1 aromatic rings. The van der Waals surface area contributed by atoms with Crippen LogP contribution in [0.1, 0.15) is 41.8 Å². The number of nitrogen functional groups attached to an aromatic ring is 1. The Morgan fingerprint density at radius 1 is 1.35 bits per heavy atom. The van der Waals surface area contributed by atoms with Gasteiger partial charge in [-0.1, -0.05) is 11.3 Å². The second-order valence-corrected chi connectivity index (χ2v) is 6.84. The molecule has 2 aliphatic heterocycles. The second-order valence-electron chi connectivity index (χ2n) is 5.84. The van der Waals surface area contributed by atoms with Crippen LogP contribution in [0.4, 0.5) is 10.9 Å². The highest BCUT2D eigenvalue weighted by atomic mass is 32.1. The molecule has 4 N–H and O–H groups in total. The zero-order valence-corrected chi connectivity index (χ0v) is 11.9. The van der Waals surface area contributed by atoms with Crippen LogP contribution in [-0.2, 0) is 4.74 Å². The van der Waals surface area contributed by atoms with E-state index < -0.39 is 0 Å². The van der Waals surface area contributed by atoms with Crippen molar-refractivity contribution in [2.24, 2.45) is 0 Å². The summed E-state index contributed by atoms with van der Waals surface area (Å²) in [6, 6.07) is 0.637. The fraction of sp³-hybridized carbons (Fsp3) is 0.692. The van der Waals surface area contributed by atoms with Gasteiger partial charge < -0.3 is 21.1 Å². The minimum absolute atomic E-state index is 0.120.